The molecule has 2 rings (SSSR count). The normalized spacial score (nSPS) is 17.3. The molecule has 0 aromatic heterocycles. The number of aliphatic imine (C=N–C) groups is 1. The van der Waals surface area contributed by atoms with Gasteiger partial charge in [0.1, 0.15) is 0 Å². The second-order valence-electron chi connectivity index (χ2n) is 4.87. The van der Waals surface area contributed by atoms with Crippen molar-refractivity contribution >= 4 is 31.6 Å². The van der Waals surface area contributed by atoms with Gasteiger partial charge in [-0.25, -0.2) is 8.42 Å². The molecular weight excluding hydrogens is 284 g/mol. The maximum atomic E-state index is 11.3. The Morgan fingerprint density at radius 1 is 1.37 bits per heavy atom. The van der Waals surface area contributed by atoms with Crippen molar-refractivity contribution < 1.29 is 8.42 Å². The van der Waals surface area contributed by atoms with E-state index >= 15 is 0 Å². The van der Waals surface area contributed by atoms with Gasteiger partial charge >= 0.3 is 0 Å². The maximum Gasteiger partial charge on any atom is 0.261 e. The van der Waals surface area contributed by atoms with E-state index in [1.807, 2.05) is 0 Å². The Balaban J connectivity index is 2.12. The summed E-state index contributed by atoms with van der Waals surface area (Å²) in [5, 5.41) is 0. The Morgan fingerprint density at radius 2 is 2.05 bits per heavy atom. The Bertz CT molecular complexity index is 578. The van der Waals surface area contributed by atoms with Crippen LogP contribution in [0.4, 0.5) is 5.69 Å². The number of benzene rings is 1. The molecule has 0 unspecified atom stereocenters. The van der Waals surface area contributed by atoms with Crippen molar-refractivity contribution in [3.05, 3.63) is 23.8 Å². The molecule has 1 aliphatic carbocycles. The highest BCUT2D eigenvalue weighted by molar-refractivity contribution is 8.13. The van der Waals surface area contributed by atoms with E-state index in [1.165, 1.54) is 43.9 Å². The molecule has 0 atom stereocenters. The molecule has 6 heteroatoms. The minimum absolute atomic E-state index is 0.0469. The van der Waals surface area contributed by atoms with Crippen LogP contribution in [-0.2, 0) is 9.05 Å². The number of nitrogen functional groups attached to an aromatic ring is 1. The summed E-state index contributed by atoms with van der Waals surface area (Å²) in [7, 11) is 1.58. The lowest BCUT2D eigenvalue weighted by Crippen LogP contribution is -2.01. The number of anilines is 1. The fourth-order valence-corrected chi connectivity index (χ4v) is 3.10. The van der Waals surface area contributed by atoms with Crippen molar-refractivity contribution in [3.8, 4) is 0 Å². The first-order valence-corrected chi connectivity index (χ1v) is 8.62. The molecule has 0 aliphatic heterocycles. The molecule has 1 aromatic carbocycles. The average Bonchev–Trinajstić information content (AvgIpc) is 2.83. The maximum absolute atomic E-state index is 11.3. The predicted molar refractivity (Wildman–Crippen MR) is 78.3 cm³/mol. The number of hydrogen-bond donors (Lipinski definition) is 1. The van der Waals surface area contributed by atoms with E-state index in [0.717, 1.165) is 6.54 Å². The van der Waals surface area contributed by atoms with Crippen molar-refractivity contribution in [2.45, 2.75) is 30.6 Å². The van der Waals surface area contributed by atoms with Gasteiger partial charge in [0.05, 0.1) is 4.90 Å². The number of rotatable bonds is 4. The third kappa shape index (κ3) is 3.94. The number of nitrogens with two attached hydrogens (primary N) is 1. The highest BCUT2D eigenvalue weighted by atomic mass is 35.7. The molecule has 1 aromatic rings. The Hall–Kier alpha value is -1.07. The van der Waals surface area contributed by atoms with E-state index in [9.17, 15) is 8.42 Å². The number of nitrogens with zero attached hydrogens (tertiary/aromatic N) is 1. The Kier molecular flexibility index (Phi) is 4.47. The smallest absolute Gasteiger partial charge is 0.261 e. The van der Waals surface area contributed by atoms with Gasteiger partial charge in [0.25, 0.3) is 9.05 Å². The average molecular weight is 301 g/mol. The van der Waals surface area contributed by atoms with Crippen LogP contribution in [0.25, 0.3) is 0 Å². The topological polar surface area (TPSA) is 72.5 Å². The van der Waals surface area contributed by atoms with Crippen molar-refractivity contribution in [3.63, 3.8) is 0 Å². The van der Waals surface area contributed by atoms with Gasteiger partial charge in [-0.15, -0.1) is 0 Å². The fraction of sp³-hybridized carbons (Fsp3) is 0.462. The summed E-state index contributed by atoms with van der Waals surface area (Å²) >= 11 is 0. The zero-order valence-corrected chi connectivity index (χ0v) is 12.1. The van der Waals surface area contributed by atoms with Gasteiger partial charge in [0.15, 0.2) is 0 Å². The number of hydrogen-bond acceptors (Lipinski definition) is 4. The third-order valence-corrected chi connectivity index (χ3v) is 4.76. The van der Waals surface area contributed by atoms with E-state index in [0.29, 0.717) is 17.2 Å². The molecule has 0 amide bonds. The Labute approximate surface area is 118 Å². The molecular formula is C13H17ClN2O2S. The van der Waals surface area contributed by atoms with Gasteiger partial charge in [0, 0.05) is 34.7 Å². The van der Waals surface area contributed by atoms with Crippen LogP contribution in [0.1, 0.15) is 31.2 Å². The zero-order chi connectivity index (χ0) is 13.9. The summed E-state index contributed by atoms with van der Waals surface area (Å²) in [5.41, 5.74) is 6.89. The SMILES string of the molecule is Nc1ccc(S(=O)(=O)Cl)cc1C=NCC1CCCC1. The highest BCUT2D eigenvalue weighted by Crippen LogP contribution is 2.25. The fourth-order valence-electron chi connectivity index (χ4n) is 2.31. The summed E-state index contributed by atoms with van der Waals surface area (Å²) in [6, 6.07) is 4.38. The van der Waals surface area contributed by atoms with Gasteiger partial charge in [-0.2, -0.15) is 0 Å². The minimum atomic E-state index is -3.73. The highest BCUT2D eigenvalue weighted by Gasteiger charge is 2.14. The van der Waals surface area contributed by atoms with E-state index in [-0.39, 0.29) is 4.90 Å². The van der Waals surface area contributed by atoms with Gasteiger partial charge in [-0.1, -0.05) is 12.8 Å². The molecule has 1 aliphatic rings. The lowest BCUT2D eigenvalue weighted by Gasteiger charge is -2.05. The van der Waals surface area contributed by atoms with Crippen molar-refractivity contribution in [2.24, 2.45) is 10.9 Å². The second-order valence-corrected chi connectivity index (χ2v) is 7.44. The van der Waals surface area contributed by atoms with E-state index in [4.69, 9.17) is 16.4 Å². The largest absolute Gasteiger partial charge is 0.398 e. The summed E-state index contributed by atoms with van der Waals surface area (Å²) < 4.78 is 22.5. The minimum Gasteiger partial charge on any atom is -0.398 e. The lowest BCUT2D eigenvalue weighted by atomic mass is 10.1. The molecule has 1 saturated carbocycles. The van der Waals surface area contributed by atoms with Crippen molar-refractivity contribution in [2.75, 3.05) is 12.3 Å². The van der Waals surface area contributed by atoms with Crippen LogP contribution in [0, 0.1) is 5.92 Å². The van der Waals surface area contributed by atoms with Crippen molar-refractivity contribution in [1.82, 2.24) is 0 Å². The van der Waals surface area contributed by atoms with Crippen LogP contribution in [-0.4, -0.2) is 21.2 Å². The van der Waals surface area contributed by atoms with E-state index < -0.39 is 9.05 Å². The monoisotopic (exact) mass is 300 g/mol. The molecule has 2 N–H and O–H groups in total. The number of halogens is 1. The standard InChI is InChI=1S/C13H17ClN2O2S/c14-19(17,18)12-5-6-13(15)11(7-12)9-16-8-10-3-1-2-4-10/h5-7,9-10H,1-4,8,15H2. The first-order valence-electron chi connectivity index (χ1n) is 6.31. The van der Waals surface area contributed by atoms with Gasteiger partial charge in [-0.05, 0) is 37.0 Å². The van der Waals surface area contributed by atoms with Crippen LogP contribution in [0.15, 0.2) is 28.1 Å². The zero-order valence-electron chi connectivity index (χ0n) is 10.5. The molecule has 4 nitrogen and oxygen atoms in total. The molecule has 0 radical (unpaired) electrons. The lowest BCUT2D eigenvalue weighted by molar-refractivity contribution is 0.564. The summed E-state index contributed by atoms with van der Waals surface area (Å²) in [6.45, 7) is 0.775. The van der Waals surface area contributed by atoms with E-state index in [1.54, 1.807) is 6.21 Å². The van der Waals surface area contributed by atoms with Crippen LogP contribution >= 0.6 is 10.7 Å². The van der Waals surface area contributed by atoms with Gasteiger partial charge in [-0.3, -0.25) is 4.99 Å². The predicted octanol–water partition coefficient (Wildman–Crippen LogP) is 2.81. The molecule has 0 saturated heterocycles. The van der Waals surface area contributed by atoms with Gasteiger partial charge < -0.3 is 5.73 Å². The molecule has 0 bridgehead atoms. The third-order valence-electron chi connectivity index (χ3n) is 3.41. The summed E-state index contributed by atoms with van der Waals surface area (Å²) in [5.74, 6) is 0.650. The Morgan fingerprint density at radius 3 is 2.68 bits per heavy atom. The van der Waals surface area contributed by atoms with Crippen LogP contribution < -0.4 is 5.73 Å². The summed E-state index contributed by atoms with van der Waals surface area (Å²) in [6.07, 6.45) is 6.65. The molecule has 1 fully saturated rings. The first-order chi connectivity index (χ1) is 8.97. The molecule has 0 heterocycles. The quantitative estimate of drug-likeness (QED) is 0.528. The summed E-state index contributed by atoms with van der Waals surface area (Å²) in [4.78, 5) is 4.41. The molecule has 0 spiro atoms. The van der Waals surface area contributed by atoms with Crippen LogP contribution in [0.5, 0.6) is 0 Å². The van der Waals surface area contributed by atoms with Crippen LogP contribution in [0.3, 0.4) is 0 Å². The van der Waals surface area contributed by atoms with Crippen molar-refractivity contribution in [1.29, 1.82) is 0 Å². The van der Waals surface area contributed by atoms with Gasteiger partial charge in [0.2, 0.25) is 0 Å². The second kappa shape index (κ2) is 5.92. The van der Waals surface area contributed by atoms with Crippen LogP contribution in [0.2, 0.25) is 0 Å². The molecule has 19 heavy (non-hydrogen) atoms. The molecule has 104 valence electrons. The first kappa shape index (κ1) is 14.3. The van der Waals surface area contributed by atoms with E-state index in [2.05, 4.69) is 4.99 Å².